The number of rotatable bonds is 3. The molecule has 0 aromatic carbocycles. The Morgan fingerprint density at radius 3 is 2.94 bits per heavy atom. The summed E-state index contributed by atoms with van der Waals surface area (Å²) < 4.78 is 0. The molecule has 0 saturated heterocycles. The van der Waals surface area contributed by atoms with Crippen molar-refractivity contribution in [3.05, 3.63) is 24.0 Å². The van der Waals surface area contributed by atoms with Gasteiger partial charge in [0.2, 0.25) is 0 Å². The van der Waals surface area contributed by atoms with Crippen LogP contribution < -0.4 is 11.1 Å². The first-order chi connectivity index (χ1) is 8.18. The molecule has 0 bridgehead atoms. The van der Waals surface area contributed by atoms with Crippen LogP contribution in [-0.2, 0) is 0 Å². The first-order valence-corrected chi connectivity index (χ1v) is 6.27. The number of hydrogen-bond acceptors (Lipinski definition) is 4. The van der Waals surface area contributed by atoms with Crippen molar-refractivity contribution in [2.24, 2.45) is 5.73 Å². The fourth-order valence-electron chi connectivity index (χ4n) is 2.20. The van der Waals surface area contributed by atoms with Crippen LogP contribution in [0.1, 0.15) is 31.2 Å². The third-order valence-corrected chi connectivity index (χ3v) is 3.38. The van der Waals surface area contributed by atoms with Crippen LogP contribution in [0.4, 0.5) is 5.69 Å². The molecule has 1 aliphatic rings. The van der Waals surface area contributed by atoms with Gasteiger partial charge >= 0.3 is 0 Å². The van der Waals surface area contributed by atoms with Gasteiger partial charge in [-0.2, -0.15) is 0 Å². The van der Waals surface area contributed by atoms with Crippen LogP contribution in [0.15, 0.2) is 18.5 Å². The first kappa shape index (κ1) is 12.3. The summed E-state index contributed by atoms with van der Waals surface area (Å²) in [5, 5.41) is 13.2. The van der Waals surface area contributed by atoms with E-state index < -0.39 is 0 Å². The van der Waals surface area contributed by atoms with Gasteiger partial charge in [0, 0.05) is 11.8 Å². The summed E-state index contributed by atoms with van der Waals surface area (Å²) in [4.78, 5) is 4.41. The molecule has 4 nitrogen and oxygen atoms in total. The average Bonchev–Trinajstić information content (AvgIpc) is 2.32. The second kappa shape index (κ2) is 5.42. The monoisotopic (exact) mass is 251 g/mol. The second-order valence-electron chi connectivity index (χ2n) is 4.39. The van der Waals surface area contributed by atoms with Crippen LogP contribution >= 0.6 is 12.2 Å². The zero-order chi connectivity index (χ0) is 12.3. The van der Waals surface area contributed by atoms with Crippen LogP contribution in [-0.4, -0.2) is 27.2 Å². The van der Waals surface area contributed by atoms with Gasteiger partial charge in [-0.05, 0) is 18.9 Å². The summed E-state index contributed by atoms with van der Waals surface area (Å²) in [7, 11) is 0. The topological polar surface area (TPSA) is 71.2 Å². The number of nitrogens with zero attached hydrogens (tertiary/aromatic N) is 1. The molecule has 1 aromatic heterocycles. The lowest BCUT2D eigenvalue weighted by Crippen LogP contribution is -2.36. The lowest BCUT2D eigenvalue weighted by Gasteiger charge is -2.29. The van der Waals surface area contributed by atoms with Gasteiger partial charge in [0.25, 0.3) is 0 Å². The lowest BCUT2D eigenvalue weighted by atomic mass is 9.92. The predicted molar refractivity (Wildman–Crippen MR) is 72.0 cm³/mol. The molecule has 1 saturated carbocycles. The molecule has 0 amide bonds. The molecule has 1 heterocycles. The van der Waals surface area contributed by atoms with E-state index in [1.807, 2.05) is 0 Å². The first-order valence-electron chi connectivity index (χ1n) is 5.87. The number of anilines is 1. The Balaban J connectivity index is 2.14. The average molecular weight is 251 g/mol. The van der Waals surface area contributed by atoms with Crippen molar-refractivity contribution >= 4 is 22.9 Å². The maximum absolute atomic E-state index is 9.91. The van der Waals surface area contributed by atoms with E-state index >= 15 is 0 Å². The molecule has 2 atom stereocenters. The van der Waals surface area contributed by atoms with Crippen LogP contribution in [0, 0.1) is 0 Å². The van der Waals surface area contributed by atoms with Crippen molar-refractivity contribution in [3.8, 4) is 0 Å². The highest BCUT2D eigenvalue weighted by Crippen LogP contribution is 2.23. The lowest BCUT2D eigenvalue weighted by molar-refractivity contribution is 0.116. The molecular formula is C12H17N3OS. The zero-order valence-electron chi connectivity index (χ0n) is 9.60. The Morgan fingerprint density at radius 1 is 1.47 bits per heavy atom. The minimum Gasteiger partial charge on any atom is -0.391 e. The van der Waals surface area contributed by atoms with Crippen LogP contribution in [0.25, 0.3) is 0 Å². The smallest absolute Gasteiger partial charge is 0.106 e. The molecule has 5 heteroatoms. The van der Waals surface area contributed by atoms with E-state index in [1.165, 1.54) is 0 Å². The number of aromatic nitrogens is 1. The predicted octanol–water partition coefficient (Wildman–Crippen LogP) is 1.43. The van der Waals surface area contributed by atoms with Crippen LogP contribution in [0.3, 0.4) is 0 Å². The highest BCUT2D eigenvalue weighted by Gasteiger charge is 2.23. The van der Waals surface area contributed by atoms with Crippen molar-refractivity contribution in [3.63, 3.8) is 0 Å². The van der Waals surface area contributed by atoms with Crippen molar-refractivity contribution in [2.75, 3.05) is 5.32 Å². The number of aliphatic hydroxyl groups excluding tert-OH is 1. The van der Waals surface area contributed by atoms with Crippen LogP contribution in [0.5, 0.6) is 0 Å². The molecule has 2 rings (SSSR count). The number of nitrogens with one attached hydrogen (secondary N) is 1. The molecule has 0 spiro atoms. The van der Waals surface area contributed by atoms with Gasteiger partial charge in [0.1, 0.15) is 4.99 Å². The molecule has 17 heavy (non-hydrogen) atoms. The molecule has 1 aliphatic carbocycles. The highest BCUT2D eigenvalue weighted by molar-refractivity contribution is 7.80. The standard InChI is InChI=1S/C12H17N3OS/c13-12(17)8-5-6-14-7-10(8)15-9-3-1-2-4-11(9)16/h5-7,9,11,15-16H,1-4H2,(H2,13,17). The van der Waals surface area contributed by atoms with E-state index in [2.05, 4.69) is 10.3 Å². The second-order valence-corrected chi connectivity index (χ2v) is 4.83. The Labute approximate surface area is 106 Å². The van der Waals surface area contributed by atoms with E-state index in [-0.39, 0.29) is 12.1 Å². The van der Waals surface area contributed by atoms with E-state index in [0.717, 1.165) is 36.9 Å². The van der Waals surface area contributed by atoms with Crippen molar-refractivity contribution in [1.82, 2.24) is 4.98 Å². The number of aliphatic hydroxyl groups is 1. The van der Waals surface area contributed by atoms with Crippen molar-refractivity contribution in [2.45, 2.75) is 37.8 Å². The van der Waals surface area contributed by atoms with Crippen molar-refractivity contribution < 1.29 is 5.11 Å². The molecule has 1 fully saturated rings. The van der Waals surface area contributed by atoms with E-state index in [9.17, 15) is 5.11 Å². The Bertz CT molecular complexity index is 410. The van der Waals surface area contributed by atoms with Crippen molar-refractivity contribution in [1.29, 1.82) is 0 Å². The summed E-state index contributed by atoms with van der Waals surface area (Å²) in [5.74, 6) is 0. The minimum absolute atomic E-state index is 0.0704. The molecule has 1 aromatic rings. The minimum atomic E-state index is -0.303. The molecule has 0 radical (unpaired) electrons. The summed E-state index contributed by atoms with van der Waals surface area (Å²) in [6.45, 7) is 0. The SMILES string of the molecule is NC(=S)c1ccncc1NC1CCCCC1O. The summed E-state index contributed by atoms with van der Waals surface area (Å²) in [6, 6.07) is 1.86. The fourth-order valence-corrected chi connectivity index (χ4v) is 2.38. The summed E-state index contributed by atoms with van der Waals surface area (Å²) in [6.07, 6.45) is 7.11. The molecule has 0 aliphatic heterocycles. The Morgan fingerprint density at radius 2 is 2.24 bits per heavy atom. The Hall–Kier alpha value is -1.20. The quantitative estimate of drug-likeness (QED) is 0.709. The number of pyridine rings is 1. The van der Waals surface area contributed by atoms with Gasteiger partial charge in [0.15, 0.2) is 0 Å². The van der Waals surface area contributed by atoms with E-state index in [4.69, 9.17) is 18.0 Å². The third kappa shape index (κ3) is 2.92. The zero-order valence-corrected chi connectivity index (χ0v) is 10.4. The third-order valence-electron chi connectivity index (χ3n) is 3.16. The van der Waals surface area contributed by atoms with Gasteiger partial charge in [-0.15, -0.1) is 0 Å². The van der Waals surface area contributed by atoms with Gasteiger partial charge < -0.3 is 16.2 Å². The molecular weight excluding hydrogens is 234 g/mol. The summed E-state index contributed by atoms with van der Waals surface area (Å²) >= 11 is 4.99. The number of thiocarbonyl (C=S) groups is 1. The largest absolute Gasteiger partial charge is 0.391 e. The van der Waals surface area contributed by atoms with E-state index in [0.29, 0.717) is 4.99 Å². The maximum atomic E-state index is 9.91. The maximum Gasteiger partial charge on any atom is 0.106 e. The molecule has 2 unspecified atom stereocenters. The van der Waals surface area contributed by atoms with Gasteiger partial charge in [0.05, 0.1) is 24.0 Å². The normalized spacial score (nSPS) is 24.3. The number of nitrogens with two attached hydrogens (primary N) is 1. The van der Waals surface area contributed by atoms with Gasteiger partial charge in [-0.25, -0.2) is 0 Å². The highest BCUT2D eigenvalue weighted by atomic mass is 32.1. The van der Waals surface area contributed by atoms with Gasteiger partial charge in [-0.1, -0.05) is 25.1 Å². The fraction of sp³-hybridized carbons (Fsp3) is 0.500. The van der Waals surface area contributed by atoms with Gasteiger partial charge in [-0.3, -0.25) is 4.98 Å². The van der Waals surface area contributed by atoms with E-state index in [1.54, 1.807) is 18.5 Å². The molecule has 92 valence electrons. The van der Waals surface area contributed by atoms with Crippen LogP contribution in [0.2, 0.25) is 0 Å². The summed E-state index contributed by atoms with van der Waals surface area (Å²) in [5.41, 5.74) is 7.25. The Kier molecular flexibility index (Phi) is 3.91. The molecule has 4 N–H and O–H groups in total. The number of hydrogen-bond donors (Lipinski definition) is 3.